The van der Waals surface area contributed by atoms with Gasteiger partial charge in [-0.3, -0.25) is 0 Å². The summed E-state index contributed by atoms with van der Waals surface area (Å²) in [7, 11) is 0. The first-order valence-corrected chi connectivity index (χ1v) is 13.8. The Kier molecular flexibility index (Phi) is 22.2. The van der Waals surface area contributed by atoms with E-state index in [1.807, 2.05) is 0 Å². The smallest absolute Gasteiger partial charge is 0.0209 e. The van der Waals surface area contributed by atoms with E-state index in [9.17, 15) is 0 Å². The largest absolute Gasteiger partial charge is 0.0996 e. The molecule has 0 aromatic rings. The van der Waals surface area contributed by atoms with Crippen molar-refractivity contribution in [2.45, 2.75) is 163 Å². The third-order valence-electron chi connectivity index (χ3n) is 7.11. The molecule has 0 heteroatoms. The van der Waals surface area contributed by atoms with Gasteiger partial charge in [0.15, 0.2) is 0 Å². The highest BCUT2D eigenvalue weighted by Crippen LogP contribution is 2.27. The first-order chi connectivity index (χ1) is 14.1. The van der Waals surface area contributed by atoms with Gasteiger partial charge in [-0.05, 0) is 24.7 Å². The van der Waals surface area contributed by atoms with Crippen LogP contribution in [-0.4, -0.2) is 0 Å². The molecule has 0 amide bonds. The summed E-state index contributed by atoms with van der Waals surface area (Å²) in [6.45, 7) is 13.9. The van der Waals surface area contributed by atoms with Crippen LogP contribution in [0.4, 0.5) is 0 Å². The second-order valence-electron chi connectivity index (χ2n) is 9.97. The molecule has 0 aromatic heterocycles. The lowest BCUT2D eigenvalue weighted by Crippen LogP contribution is -2.10. The predicted molar refractivity (Wildman–Crippen MR) is 136 cm³/mol. The Morgan fingerprint density at radius 1 is 0.517 bits per heavy atom. The average molecular weight is 407 g/mol. The van der Waals surface area contributed by atoms with Gasteiger partial charge in [-0.1, -0.05) is 162 Å². The number of hydrogen-bond acceptors (Lipinski definition) is 0. The lowest BCUT2D eigenvalue weighted by atomic mass is 9.83. The molecule has 0 aromatic carbocycles. The van der Waals surface area contributed by atoms with Gasteiger partial charge in [-0.25, -0.2) is 0 Å². The van der Waals surface area contributed by atoms with Gasteiger partial charge >= 0.3 is 0 Å². The van der Waals surface area contributed by atoms with Crippen LogP contribution in [0, 0.1) is 11.8 Å². The molecular weight excluding hydrogens is 348 g/mol. The normalized spacial score (nSPS) is 13.5. The van der Waals surface area contributed by atoms with E-state index >= 15 is 0 Å². The van der Waals surface area contributed by atoms with E-state index < -0.39 is 0 Å². The van der Waals surface area contributed by atoms with Crippen LogP contribution in [0.15, 0.2) is 12.2 Å². The zero-order valence-corrected chi connectivity index (χ0v) is 21.2. The second-order valence-corrected chi connectivity index (χ2v) is 9.97. The maximum Gasteiger partial charge on any atom is -0.0209 e. The van der Waals surface area contributed by atoms with Crippen LogP contribution in [0.3, 0.4) is 0 Å². The summed E-state index contributed by atoms with van der Waals surface area (Å²) in [6, 6.07) is 0. The molecule has 0 radical (unpaired) electrons. The van der Waals surface area contributed by atoms with Crippen molar-refractivity contribution in [1.29, 1.82) is 0 Å². The van der Waals surface area contributed by atoms with E-state index in [-0.39, 0.29) is 0 Å². The van der Waals surface area contributed by atoms with E-state index in [1.54, 1.807) is 0 Å². The lowest BCUT2D eigenvalue weighted by Gasteiger charge is -2.22. The first-order valence-electron chi connectivity index (χ1n) is 13.8. The van der Waals surface area contributed by atoms with Gasteiger partial charge in [-0.2, -0.15) is 0 Å². The fourth-order valence-electron chi connectivity index (χ4n) is 4.50. The number of allylic oxidation sites excluding steroid dienone is 1. The van der Waals surface area contributed by atoms with Gasteiger partial charge in [0.1, 0.15) is 0 Å². The summed E-state index contributed by atoms with van der Waals surface area (Å²) >= 11 is 0. The number of rotatable bonds is 23. The van der Waals surface area contributed by atoms with Gasteiger partial charge in [0.05, 0.1) is 0 Å². The molecule has 0 saturated heterocycles. The molecule has 0 fully saturated rings. The van der Waals surface area contributed by atoms with Crippen LogP contribution in [-0.2, 0) is 0 Å². The topological polar surface area (TPSA) is 0 Å². The van der Waals surface area contributed by atoms with Crippen molar-refractivity contribution < 1.29 is 0 Å². The summed E-state index contributed by atoms with van der Waals surface area (Å²) in [5.41, 5.74) is 1.52. The highest BCUT2D eigenvalue weighted by atomic mass is 14.2. The van der Waals surface area contributed by atoms with Gasteiger partial charge in [0.2, 0.25) is 0 Å². The van der Waals surface area contributed by atoms with E-state index in [0.29, 0.717) is 5.92 Å². The standard InChI is InChI=1S/C29H58/c1-6-8-10-12-14-16-18-20-22-24-26-28(4)29(5)27(3)25-23-21-19-17-15-13-11-9-7-2/h27,29H,4,6-26H2,1-3,5H3. The van der Waals surface area contributed by atoms with Crippen molar-refractivity contribution in [1.82, 2.24) is 0 Å². The third-order valence-corrected chi connectivity index (χ3v) is 7.11. The zero-order chi connectivity index (χ0) is 21.6. The summed E-state index contributed by atoms with van der Waals surface area (Å²) in [5, 5.41) is 0. The molecular formula is C29H58. The van der Waals surface area contributed by atoms with E-state index in [0.717, 1.165) is 5.92 Å². The highest BCUT2D eigenvalue weighted by Gasteiger charge is 2.14. The Bertz CT molecular complexity index is 329. The predicted octanol–water partition coefficient (Wildman–Crippen LogP) is 11.0. The van der Waals surface area contributed by atoms with Gasteiger partial charge in [-0.15, -0.1) is 0 Å². The summed E-state index contributed by atoms with van der Waals surface area (Å²) < 4.78 is 0. The molecule has 0 nitrogen and oxygen atoms in total. The fourth-order valence-corrected chi connectivity index (χ4v) is 4.50. The SMILES string of the molecule is C=C(CCCCCCCCCCCC)C(C)C(C)CCCCCCCCCCC. The molecule has 0 saturated carbocycles. The molecule has 0 heterocycles. The first kappa shape index (κ1) is 28.7. The molecule has 0 aliphatic carbocycles. The van der Waals surface area contributed by atoms with Crippen LogP contribution < -0.4 is 0 Å². The monoisotopic (exact) mass is 406 g/mol. The minimum absolute atomic E-state index is 0.711. The minimum atomic E-state index is 0.711. The Hall–Kier alpha value is -0.260. The number of hydrogen-bond donors (Lipinski definition) is 0. The van der Waals surface area contributed by atoms with E-state index in [2.05, 4.69) is 34.3 Å². The van der Waals surface area contributed by atoms with Crippen LogP contribution in [0.25, 0.3) is 0 Å². The van der Waals surface area contributed by atoms with Gasteiger partial charge in [0.25, 0.3) is 0 Å². The highest BCUT2D eigenvalue weighted by molar-refractivity contribution is 5.00. The maximum absolute atomic E-state index is 4.44. The summed E-state index contributed by atoms with van der Waals surface area (Å²) in [6.07, 6.45) is 29.9. The molecule has 0 bridgehead atoms. The maximum atomic E-state index is 4.44. The van der Waals surface area contributed by atoms with Crippen LogP contribution in [0.5, 0.6) is 0 Å². The molecule has 0 rings (SSSR count). The zero-order valence-electron chi connectivity index (χ0n) is 21.2. The van der Waals surface area contributed by atoms with Crippen molar-refractivity contribution in [2.75, 3.05) is 0 Å². The molecule has 2 atom stereocenters. The Balaban J connectivity index is 3.50. The fraction of sp³-hybridized carbons (Fsp3) is 0.931. The van der Waals surface area contributed by atoms with Crippen molar-refractivity contribution in [3.63, 3.8) is 0 Å². The summed E-state index contributed by atoms with van der Waals surface area (Å²) in [4.78, 5) is 0. The minimum Gasteiger partial charge on any atom is -0.0996 e. The van der Waals surface area contributed by atoms with E-state index in [4.69, 9.17) is 0 Å². The van der Waals surface area contributed by atoms with Crippen molar-refractivity contribution in [3.05, 3.63) is 12.2 Å². The molecule has 0 aliphatic rings. The van der Waals surface area contributed by atoms with E-state index in [1.165, 1.54) is 140 Å². The molecule has 0 N–H and O–H groups in total. The van der Waals surface area contributed by atoms with Gasteiger partial charge < -0.3 is 0 Å². The van der Waals surface area contributed by atoms with Crippen molar-refractivity contribution >= 4 is 0 Å². The Labute approximate surface area is 186 Å². The van der Waals surface area contributed by atoms with Crippen molar-refractivity contribution in [2.24, 2.45) is 11.8 Å². The van der Waals surface area contributed by atoms with Crippen LogP contribution in [0.1, 0.15) is 163 Å². The molecule has 0 aliphatic heterocycles. The lowest BCUT2D eigenvalue weighted by molar-refractivity contribution is 0.381. The Morgan fingerprint density at radius 3 is 1.28 bits per heavy atom. The number of unbranched alkanes of at least 4 members (excludes halogenated alkanes) is 17. The third kappa shape index (κ3) is 19.4. The van der Waals surface area contributed by atoms with Gasteiger partial charge in [0, 0.05) is 0 Å². The van der Waals surface area contributed by atoms with Crippen molar-refractivity contribution in [3.8, 4) is 0 Å². The molecule has 2 unspecified atom stereocenters. The molecule has 0 spiro atoms. The van der Waals surface area contributed by atoms with Crippen LogP contribution in [0.2, 0.25) is 0 Å². The quantitative estimate of drug-likeness (QED) is 0.117. The molecule has 29 heavy (non-hydrogen) atoms. The Morgan fingerprint density at radius 2 is 0.862 bits per heavy atom. The second kappa shape index (κ2) is 22.4. The molecule has 174 valence electrons. The van der Waals surface area contributed by atoms with Crippen LogP contribution >= 0.6 is 0 Å². The average Bonchev–Trinajstić information content (AvgIpc) is 2.73. The summed E-state index contributed by atoms with van der Waals surface area (Å²) in [5.74, 6) is 1.53.